The number of azide groups is 1. The Bertz CT molecular complexity index is 230. The van der Waals surface area contributed by atoms with Gasteiger partial charge in [0.05, 0.1) is 6.10 Å². The van der Waals surface area contributed by atoms with Gasteiger partial charge in [0.25, 0.3) is 0 Å². The van der Waals surface area contributed by atoms with Gasteiger partial charge in [-0.3, -0.25) is 0 Å². The molecule has 1 heterocycles. The Balaban J connectivity index is 2.75. The van der Waals surface area contributed by atoms with Crippen molar-refractivity contribution < 1.29 is 20.1 Å². The van der Waals surface area contributed by atoms with Gasteiger partial charge in [0.15, 0.2) is 6.23 Å². The molecule has 1 aliphatic rings. The quantitative estimate of drug-likeness (QED) is 0.282. The van der Waals surface area contributed by atoms with Gasteiger partial charge in [0.1, 0.15) is 18.3 Å². The number of nitrogens with zero attached hydrogens (tertiary/aromatic N) is 3. The van der Waals surface area contributed by atoms with Gasteiger partial charge in [-0.15, -0.1) is 0 Å². The molecule has 0 amide bonds. The Hall–Kier alpha value is -0.850. The molecule has 1 rings (SSSR count). The lowest BCUT2D eigenvalue weighted by atomic mass is 9.99. The summed E-state index contributed by atoms with van der Waals surface area (Å²) in [6, 6.07) is 0. The molecule has 74 valence electrons. The SMILES string of the molecule is C[C@H]1O[C@@H](N=[N+]=[N-])[C@H](O)[C@@H](O)[C@H]1O. The lowest BCUT2D eigenvalue weighted by Gasteiger charge is -2.37. The summed E-state index contributed by atoms with van der Waals surface area (Å²) in [4.78, 5) is 2.45. The molecule has 7 heteroatoms. The van der Waals surface area contributed by atoms with Gasteiger partial charge >= 0.3 is 0 Å². The van der Waals surface area contributed by atoms with Gasteiger partial charge in [-0.05, 0) is 12.5 Å². The van der Waals surface area contributed by atoms with Crippen LogP contribution in [0.5, 0.6) is 0 Å². The summed E-state index contributed by atoms with van der Waals surface area (Å²) in [6.45, 7) is 1.51. The molecule has 5 atom stereocenters. The van der Waals surface area contributed by atoms with E-state index in [9.17, 15) is 15.3 Å². The maximum Gasteiger partial charge on any atom is 0.165 e. The van der Waals surface area contributed by atoms with E-state index >= 15 is 0 Å². The fourth-order valence-electron chi connectivity index (χ4n) is 1.18. The van der Waals surface area contributed by atoms with Gasteiger partial charge in [-0.25, -0.2) is 0 Å². The molecule has 0 saturated carbocycles. The average molecular weight is 189 g/mol. The minimum Gasteiger partial charge on any atom is -0.388 e. The molecule has 0 spiro atoms. The number of hydrogen-bond acceptors (Lipinski definition) is 5. The van der Waals surface area contributed by atoms with Crippen molar-refractivity contribution in [2.75, 3.05) is 0 Å². The van der Waals surface area contributed by atoms with Crippen LogP contribution in [0.3, 0.4) is 0 Å². The molecule has 0 unspecified atom stereocenters. The van der Waals surface area contributed by atoms with Crippen LogP contribution in [0.15, 0.2) is 5.11 Å². The molecule has 0 aromatic heterocycles. The van der Waals surface area contributed by atoms with Crippen molar-refractivity contribution >= 4 is 0 Å². The summed E-state index contributed by atoms with van der Waals surface area (Å²) in [7, 11) is 0. The first-order valence-electron chi connectivity index (χ1n) is 3.81. The lowest BCUT2D eigenvalue weighted by Crippen LogP contribution is -2.55. The molecule has 13 heavy (non-hydrogen) atoms. The van der Waals surface area contributed by atoms with Gasteiger partial charge in [-0.2, -0.15) is 0 Å². The predicted molar refractivity (Wildman–Crippen MR) is 41.5 cm³/mol. The van der Waals surface area contributed by atoms with Crippen molar-refractivity contribution in [2.45, 2.75) is 37.6 Å². The van der Waals surface area contributed by atoms with E-state index in [1.54, 1.807) is 0 Å². The second-order valence-electron chi connectivity index (χ2n) is 2.91. The van der Waals surface area contributed by atoms with Crippen LogP contribution in [0.2, 0.25) is 0 Å². The Morgan fingerprint density at radius 2 is 1.85 bits per heavy atom. The molecular weight excluding hydrogens is 178 g/mol. The number of ether oxygens (including phenoxy) is 1. The zero-order chi connectivity index (χ0) is 10.0. The molecule has 1 aliphatic heterocycles. The zero-order valence-corrected chi connectivity index (χ0v) is 6.98. The zero-order valence-electron chi connectivity index (χ0n) is 6.98. The number of aliphatic hydroxyl groups excluding tert-OH is 3. The van der Waals surface area contributed by atoms with E-state index < -0.39 is 30.6 Å². The number of hydrogen-bond donors (Lipinski definition) is 3. The predicted octanol–water partition coefficient (Wildman–Crippen LogP) is -0.876. The van der Waals surface area contributed by atoms with Gasteiger partial charge < -0.3 is 20.1 Å². The molecule has 1 fully saturated rings. The van der Waals surface area contributed by atoms with E-state index in [4.69, 9.17) is 10.3 Å². The Morgan fingerprint density at radius 3 is 2.38 bits per heavy atom. The maximum atomic E-state index is 9.26. The summed E-state index contributed by atoms with van der Waals surface area (Å²) < 4.78 is 4.94. The van der Waals surface area contributed by atoms with Gasteiger partial charge in [0.2, 0.25) is 0 Å². The van der Waals surface area contributed by atoms with Crippen LogP contribution in [0, 0.1) is 0 Å². The third kappa shape index (κ3) is 1.90. The molecule has 0 aliphatic carbocycles. The average Bonchev–Trinajstić information content (AvgIpc) is 2.11. The topological polar surface area (TPSA) is 119 Å². The van der Waals surface area contributed by atoms with E-state index in [-0.39, 0.29) is 0 Å². The van der Waals surface area contributed by atoms with E-state index in [0.717, 1.165) is 0 Å². The highest BCUT2D eigenvalue weighted by Crippen LogP contribution is 2.21. The summed E-state index contributed by atoms with van der Waals surface area (Å²) in [5.74, 6) is 0. The maximum absolute atomic E-state index is 9.26. The Labute approximate surface area is 74.2 Å². The second kappa shape index (κ2) is 3.91. The molecule has 0 aromatic carbocycles. The lowest BCUT2D eigenvalue weighted by molar-refractivity contribution is -0.214. The number of rotatable bonds is 1. The van der Waals surface area contributed by atoms with Crippen LogP contribution in [0.25, 0.3) is 10.4 Å². The number of aliphatic hydroxyl groups is 3. The normalized spacial score (nSPS) is 45.4. The highest BCUT2D eigenvalue weighted by Gasteiger charge is 2.41. The third-order valence-corrected chi connectivity index (χ3v) is 1.99. The van der Waals surface area contributed by atoms with E-state index in [0.29, 0.717) is 0 Å². The smallest absolute Gasteiger partial charge is 0.165 e. The van der Waals surface area contributed by atoms with Crippen molar-refractivity contribution in [3.63, 3.8) is 0 Å². The van der Waals surface area contributed by atoms with E-state index in [1.165, 1.54) is 6.92 Å². The molecular formula is C6H11N3O4. The molecule has 1 saturated heterocycles. The molecule has 0 radical (unpaired) electrons. The van der Waals surface area contributed by atoms with Crippen molar-refractivity contribution in [1.29, 1.82) is 0 Å². The minimum atomic E-state index is -1.39. The van der Waals surface area contributed by atoms with Gasteiger partial charge in [0, 0.05) is 4.91 Å². The molecule has 0 bridgehead atoms. The first kappa shape index (κ1) is 10.2. The second-order valence-corrected chi connectivity index (χ2v) is 2.91. The highest BCUT2D eigenvalue weighted by atomic mass is 16.5. The van der Waals surface area contributed by atoms with Crippen molar-refractivity contribution in [1.82, 2.24) is 0 Å². The standard InChI is InChI=1S/C6H11N3O4/c1-2-3(10)4(11)5(12)6(13-2)8-9-7/h2-6,10-12H,1H3/t2-,3+,4+,5-,6-/m1/s1. The fourth-order valence-corrected chi connectivity index (χ4v) is 1.18. The Morgan fingerprint density at radius 1 is 1.23 bits per heavy atom. The van der Waals surface area contributed by atoms with E-state index in [1.807, 2.05) is 0 Å². The monoisotopic (exact) mass is 189 g/mol. The summed E-state index contributed by atoms with van der Waals surface area (Å²) in [5, 5.41) is 30.9. The largest absolute Gasteiger partial charge is 0.388 e. The van der Waals surface area contributed by atoms with Crippen molar-refractivity contribution in [2.24, 2.45) is 5.11 Å². The van der Waals surface area contributed by atoms with Crippen molar-refractivity contribution in [3.8, 4) is 0 Å². The molecule has 3 N–H and O–H groups in total. The van der Waals surface area contributed by atoms with Crippen LogP contribution < -0.4 is 0 Å². The van der Waals surface area contributed by atoms with Crippen molar-refractivity contribution in [3.05, 3.63) is 10.4 Å². The fraction of sp³-hybridized carbons (Fsp3) is 1.00. The van der Waals surface area contributed by atoms with Gasteiger partial charge in [-0.1, -0.05) is 5.11 Å². The highest BCUT2D eigenvalue weighted by molar-refractivity contribution is 4.89. The molecule has 0 aromatic rings. The summed E-state index contributed by atoms with van der Waals surface area (Å²) in [6.07, 6.45) is -5.71. The van der Waals surface area contributed by atoms with Crippen LogP contribution in [-0.4, -0.2) is 46.0 Å². The third-order valence-electron chi connectivity index (χ3n) is 1.99. The van der Waals surface area contributed by atoms with Crippen LogP contribution in [0.1, 0.15) is 6.92 Å². The first-order chi connectivity index (χ1) is 6.07. The molecule has 7 nitrogen and oxygen atoms in total. The minimum absolute atomic E-state index is 0.672. The van der Waals surface area contributed by atoms with Crippen LogP contribution in [0.4, 0.5) is 0 Å². The van der Waals surface area contributed by atoms with Crippen LogP contribution >= 0.6 is 0 Å². The summed E-state index contributed by atoms with van der Waals surface area (Å²) in [5.41, 5.74) is 8.10. The first-order valence-corrected chi connectivity index (χ1v) is 3.81. The Kier molecular flexibility index (Phi) is 3.07. The van der Waals surface area contributed by atoms with E-state index in [2.05, 4.69) is 10.0 Å². The summed E-state index contributed by atoms with van der Waals surface area (Å²) >= 11 is 0. The van der Waals surface area contributed by atoms with Crippen LogP contribution in [-0.2, 0) is 4.74 Å².